The fourth-order valence-corrected chi connectivity index (χ4v) is 3.61. The van der Waals surface area contributed by atoms with Gasteiger partial charge in [0, 0.05) is 12.0 Å². The number of nitrogens with zero attached hydrogens (tertiary/aromatic N) is 1. The van der Waals surface area contributed by atoms with Gasteiger partial charge in [0.05, 0.1) is 19.9 Å². The fraction of sp³-hybridized carbons (Fsp3) is 0.150. The van der Waals surface area contributed by atoms with E-state index in [-0.39, 0.29) is 18.9 Å². The van der Waals surface area contributed by atoms with Crippen LogP contribution in [0, 0.1) is 5.82 Å². The number of rotatable bonds is 9. The number of ether oxygens (including phenoxy) is 1. The first-order valence-corrected chi connectivity index (χ1v) is 9.96. The van der Waals surface area contributed by atoms with Crippen LogP contribution in [0.25, 0.3) is 0 Å². The Bertz CT molecular complexity index is 894. The number of aromatic nitrogens is 1. The fourth-order valence-electron chi connectivity index (χ4n) is 2.39. The average molecular weight is 403 g/mol. The molecule has 1 aromatic heterocycles. The van der Waals surface area contributed by atoms with Crippen molar-refractivity contribution in [2.75, 3.05) is 13.7 Å². The van der Waals surface area contributed by atoms with Gasteiger partial charge in [0.15, 0.2) is 0 Å². The highest BCUT2D eigenvalue weighted by molar-refractivity contribution is 7.49. The molecule has 3 aromatic rings. The maximum atomic E-state index is 13.5. The van der Waals surface area contributed by atoms with Gasteiger partial charge >= 0.3 is 7.82 Å². The minimum Gasteiger partial charge on any atom is -0.481 e. The number of hydrogen-bond acceptors (Lipinski definition) is 6. The molecule has 0 spiro atoms. The van der Waals surface area contributed by atoms with Crippen LogP contribution in [-0.2, 0) is 15.5 Å². The molecule has 0 N–H and O–H groups in total. The number of phosphoric ester groups is 1. The summed E-state index contributed by atoms with van der Waals surface area (Å²) in [7, 11) is -2.55. The second-order valence-electron chi connectivity index (χ2n) is 5.66. The molecular weight excluding hydrogens is 384 g/mol. The number of methoxy groups -OCH3 is 1. The largest absolute Gasteiger partial charge is 0.587 e. The van der Waals surface area contributed by atoms with Gasteiger partial charge in [0.1, 0.15) is 17.3 Å². The van der Waals surface area contributed by atoms with E-state index in [2.05, 4.69) is 4.98 Å². The summed E-state index contributed by atoms with van der Waals surface area (Å²) in [6.07, 6.45) is 1.26. The van der Waals surface area contributed by atoms with E-state index in [4.69, 9.17) is 18.3 Å². The molecule has 0 bridgehead atoms. The monoisotopic (exact) mass is 403 g/mol. The minimum absolute atomic E-state index is 0.0571. The van der Waals surface area contributed by atoms with Crippen molar-refractivity contribution in [2.45, 2.75) is 6.42 Å². The molecule has 0 radical (unpaired) electrons. The van der Waals surface area contributed by atoms with Crippen LogP contribution < -0.4 is 13.8 Å². The first-order valence-electron chi connectivity index (χ1n) is 8.50. The van der Waals surface area contributed by atoms with Crippen LogP contribution in [0.1, 0.15) is 5.56 Å². The minimum atomic E-state index is -3.99. The van der Waals surface area contributed by atoms with Crippen molar-refractivity contribution in [2.24, 2.45) is 0 Å². The van der Waals surface area contributed by atoms with E-state index in [1.54, 1.807) is 60.7 Å². The Balaban J connectivity index is 1.73. The summed E-state index contributed by atoms with van der Waals surface area (Å²) < 4.78 is 48.3. The predicted molar refractivity (Wildman–Crippen MR) is 102 cm³/mol. The van der Waals surface area contributed by atoms with Crippen molar-refractivity contribution < 1.29 is 27.3 Å². The topological polar surface area (TPSA) is 66.9 Å². The zero-order valence-electron chi connectivity index (χ0n) is 15.2. The van der Waals surface area contributed by atoms with Gasteiger partial charge in [0.2, 0.25) is 5.88 Å². The number of pyridine rings is 1. The quantitative estimate of drug-likeness (QED) is 0.466. The molecule has 0 atom stereocenters. The molecule has 0 saturated carbocycles. The lowest BCUT2D eigenvalue weighted by molar-refractivity contribution is 0.211. The highest BCUT2D eigenvalue weighted by Crippen LogP contribution is 2.49. The van der Waals surface area contributed by atoms with Gasteiger partial charge in [-0.05, 0) is 30.3 Å². The van der Waals surface area contributed by atoms with Crippen LogP contribution in [0.15, 0.2) is 72.9 Å². The second kappa shape index (κ2) is 9.35. The Morgan fingerprint density at radius 1 is 0.964 bits per heavy atom. The van der Waals surface area contributed by atoms with E-state index in [1.807, 2.05) is 0 Å². The summed E-state index contributed by atoms with van der Waals surface area (Å²) in [4.78, 5) is 3.86. The molecule has 146 valence electrons. The Hall–Kier alpha value is -2.89. The molecule has 0 aliphatic rings. The summed E-state index contributed by atoms with van der Waals surface area (Å²) >= 11 is 0. The van der Waals surface area contributed by atoms with Crippen LogP contribution in [0.3, 0.4) is 0 Å². The number of para-hydroxylation sites is 2. The molecule has 8 heteroatoms. The molecular formula is C20H19FNO5P. The molecule has 3 rings (SSSR count). The lowest BCUT2D eigenvalue weighted by Crippen LogP contribution is -2.08. The molecule has 2 aromatic carbocycles. The molecule has 0 saturated heterocycles. The molecule has 0 aliphatic carbocycles. The van der Waals surface area contributed by atoms with Crippen molar-refractivity contribution >= 4 is 7.82 Å². The third kappa shape index (κ3) is 5.55. The van der Waals surface area contributed by atoms with E-state index < -0.39 is 13.6 Å². The first-order chi connectivity index (χ1) is 13.6. The third-order valence-electron chi connectivity index (χ3n) is 3.63. The summed E-state index contributed by atoms with van der Waals surface area (Å²) in [6.45, 7) is -0.0571. The van der Waals surface area contributed by atoms with Gasteiger partial charge in [0.25, 0.3) is 0 Å². The Kier molecular flexibility index (Phi) is 6.63. The SMILES string of the molecule is COc1ncc(F)cc1CCOP(=O)(Oc1ccccc1)Oc1ccccc1. The van der Waals surface area contributed by atoms with Crippen LogP contribution in [0.5, 0.6) is 17.4 Å². The highest BCUT2D eigenvalue weighted by Gasteiger charge is 2.31. The van der Waals surface area contributed by atoms with E-state index in [9.17, 15) is 8.96 Å². The average Bonchev–Trinajstić information content (AvgIpc) is 2.69. The van der Waals surface area contributed by atoms with Crippen LogP contribution in [0.4, 0.5) is 4.39 Å². The van der Waals surface area contributed by atoms with E-state index in [0.29, 0.717) is 17.1 Å². The standard InChI is InChI=1S/C20H19FNO5P/c1-24-20-16(14-17(21)15-22-20)12-13-25-28(23,26-18-8-4-2-5-9-18)27-19-10-6-3-7-11-19/h2-11,14-15H,12-13H2,1H3. The van der Waals surface area contributed by atoms with Gasteiger partial charge < -0.3 is 13.8 Å². The molecule has 0 aliphatic heterocycles. The highest BCUT2D eigenvalue weighted by atomic mass is 31.2. The third-order valence-corrected chi connectivity index (χ3v) is 4.99. The molecule has 28 heavy (non-hydrogen) atoms. The first kappa shape index (κ1) is 19.9. The van der Waals surface area contributed by atoms with Crippen LogP contribution >= 0.6 is 7.82 Å². The Morgan fingerprint density at radius 3 is 2.07 bits per heavy atom. The normalized spacial score (nSPS) is 11.1. The number of hydrogen-bond donors (Lipinski definition) is 0. The molecule has 0 amide bonds. The second-order valence-corrected chi connectivity index (χ2v) is 7.18. The number of halogens is 1. The van der Waals surface area contributed by atoms with Gasteiger partial charge in [-0.3, -0.25) is 4.52 Å². The Labute approximate surface area is 162 Å². The van der Waals surface area contributed by atoms with E-state index in [0.717, 1.165) is 6.20 Å². The zero-order valence-corrected chi connectivity index (χ0v) is 16.1. The van der Waals surface area contributed by atoms with Gasteiger partial charge in [-0.1, -0.05) is 36.4 Å². The molecule has 0 unspecified atom stereocenters. The number of phosphoric acid groups is 1. The van der Waals surface area contributed by atoms with Crippen LogP contribution in [0.2, 0.25) is 0 Å². The van der Waals surface area contributed by atoms with Crippen molar-refractivity contribution in [1.82, 2.24) is 4.98 Å². The summed E-state index contributed by atoms with van der Waals surface area (Å²) in [5, 5.41) is 0. The number of benzene rings is 2. The van der Waals surface area contributed by atoms with Gasteiger partial charge in [-0.2, -0.15) is 0 Å². The predicted octanol–water partition coefficient (Wildman–Crippen LogP) is 5.05. The maximum absolute atomic E-state index is 13.5. The van der Waals surface area contributed by atoms with Crippen LogP contribution in [-0.4, -0.2) is 18.7 Å². The van der Waals surface area contributed by atoms with Gasteiger partial charge in [-0.25, -0.2) is 13.9 Å². The molecule has 1 heterocycles. The summed E-state index contributed by atoms with van der Waals surface area (Å²) in [5.74, 6) is 0.450. The summed E-state index contributed by atoms with van der Waals surface area (Å²) in [5.41, 5.74) is 0.480. The smallest absolute Gasteiger partial charge is 0.481 e. The van der Waals surface area contributed by atoms with E-state index >= 15 is 0 Å². The lowest BCUT2D eigenvalue weighted by atomic mass is 10.2. The zero-order chi connectivity index (χ0) is 19.8. The van der Waals surface area contributed by atoms with Gasteiger partial charge in [-0.15, -0.1) is 0 Å². The molecule has 6 nitrogen and oxygen atoms in total. The van der Waals surface area contributed by atoms with Crippen molar-refractivity contribution in [3.8, 4) is 17.4 Å². The van der Waals surface area contributed by atoms with E-state index in [1.165, 1.54) is 13.2 Å². The lowest BCUT2D eigenvalue weighted by Gasteiger charge is -2.19. The maximum Gasteiger partial charge on any atom is 0.587 e. The van der Waals surface area contributed by atoms with Crippen molar-refractivity contribution in [1.29, 1.82) is 0 Å². The summed E-state index contributed by atoms with van der Waals surface area (Å²) in [6, 6.07) is 18.4. The Morgan fingerprint density at radius 2 is 1.54 bits per heavy atom. The van der Waals surface area contributed by atoms with Crippen molar-refractivity contribution in [3.05, 3.63) is 84.3 Å². The molecule has 0 fully saturated rings. The van der Waals surface area contributed by atoms with Crippen molar-refractivity contribution in [3.63, 3.8) is 0 Å².